The van der Waals surface area contributed by atoms with Crippen LogP contribution in [0.25, 0.3) is 22.0 Å². The van der Waals surface area contributed by atoms with Gasteiger partial charge in [0.15, 0.2) is 5.43 Å². The number of aryl methyl sites for hydroxylation is 1. The van der Waals surface area contributed by atoms with E-state index in [-0.39, 0.29) is 12.0 Å². The van der Waals surface area contributed by atoms with E-state index in [0.29, 0.717) is 10.9 Å². The number of hydrogen-bond acceptors (Lipinski definition) is 3. The van der Waals surface area contributed by atoms with Crippen molar-refractivity contribution in [2.75, 3.05) is 7.11 Å². The van der Waals surface area contributed by atoms with Crippen LogP contribution in [0.1, 0.15) is 12.5 Å². The Hall–Kier alpha value is -3.08. The van der Waals surface area contributed by atoms with Crippen LogP contribution < -0.4 is 10.2 Å². The van der Waals surface area contributed by atoms with Gasteiger partial charge in [-0.25, -0.2) is 0 Å². The van der Waals surface area contributed by atoms with Crippen LogP contribution in [0.3, 0.4) is 0 Å². The highest BCUT2D eigenvalue weighted by molar-refractivity contribution is 5.86. The van der Waals surface area contributed by atoms with E-state index >= 15 is 0 Å². The van der Waals surface area contributed by atoms with Gasteiger partial charge in [-0.05, 0) is 47.4 Å². The van der Waals surface area contributed by atoms with Gasteiger partial charge in [-0.3, -0.25) is 9.59 Å². The number of pyridine rings is 1. The first kappa shape index (κ1) is 16.8. The number of benzene rings is 2. The molecule has 0 saturated heterocycles. The van der Waals surface area contributed by atoms with Crippen LogP contribution in [0.4, 0.5) is 0 Å². The Bertz CT molecular complexity index is 1000. The molecular formula is C20H19NO4. The molecule has 0 unspecified atom stereocenters. The number of hydrogen-bond donors (Lipinski definition) is 1. The van der Waals surface area contributed by atoms with Gasteiger partial charge in [-0.15, -0.1) is 0 Å². The van der Waals surface area contributed by atoms with Gasteiger partial charge in [0.2, 0.25) is 0 Å². The smallest absolute Gasteiger partial charge is 0.323 e. The zero-order valence-electron chi connectivity index (χ0n) is 14.2. The molecule has 0 aliphatic carbocycles. The highest BCUT2D eigenvalue weighted by atomic mass is 16.5. The lowest BCUT2D eigenvalue weighted by Crippen LogP contribution is -2.13. The van der Waals surface area contributed by atoms with Gasteiger partial charge in [0, 0.05) is 17.6 Å². The molecule has 0 radical (unpaired) electrons. The van der Waals surface area contributed by atoms with Crippen molar-refractivity contribution in [1.29, 1.82) is 0 Å². The predicted molar refractivity (Wildman–Crippen MR) is 97.2 cm³/mol. The summed E-state index contributed by atoms with van der Waals surface area (Å²) in [5.41, 5.74) is 3.61. The SMILES string of the molecule is CCc1cc(OC)ccc1-c1ccc2c(=O)ccn(CC(=O)O)c2c1. The Morgan fingerprint density at radius 2 is 1.96 bits per heavy atom. The Labute approximate surface area is 145 Å². The summed E-state index contributed by atoms with van der Waals surface area (Å²) in [6.45, 7) is 1.88. The zero-order chi connectivity index (χ0) is 18.0. The summed E-state index contributed by atoms with van der Waals surface area (Å²) in [7, 11) is 1.63. The number of aliphatic carboxylic acids is 1. The maximum Gasteiger partial charge on any atom is 0.323 e. The van der Waals surface area contributed by atoms with E-state index in [4.69, 9.17) is 9.84 Å². The Kier molecular flexibility index (Phi) is 4.57. The number of carboxylic acid groups (broad SMARTS) is 1. The fourth-order valence-corrected chi connectivity index (χ4v) is 3.03. The third-order valence-electron chi connectivity index (χ3n) is 4.29. The quantitative estimate of drug-likeness (QED) is 0.775. The number of fused-ring (bicyclic) bond motifs is 1. The van der Waals surface area contributed by atoms with Gasteiger partial charge in [0.05, 0.1) is 12.6 Å². The van der Waals surface area contributed by atoms with Crippen LogP contribution in [-0.2, 0) is 17.8 Å². The first-order valence-electron chi connectivity index (χ1n) is 8.05. The Morgan fingerprint density at radius 1 is 1.16 bits per heavy atom. The summed E-state index contributed by atoms with van der Waals surface area (Å²) in [6, 6.07) is 12.8. The van der Waals surface area contributed by atoms with Crippen LogP contribution in [0.15, 0.2) is 53.5 Å². The molecule has 128 valence electrons. The molecule has 0 amide bonds. The molecule has 1 aromatic heterocycles. The number of carboxylic acids is 1. The standard InChI is InChI=1S/C20H19NO4/c1-3-13-10-15(25-2)5-7-16(13)14-4-6-17-18(11-14)21(12-20(23)24)9-8-19(17)22/h4-11H,3,12H2,1-2H3,(H,23,24). The van der Waals surface area contributed by atoms with E-state index in [1.165, 1.54) is 12.3 Å². The summed E-state index contributed by atoms with van der Waals surface area (Å²) in [4.78, 5) is 23.2. The highest BCUT2D eigenvalue weighted by Gasteiger charge is 2.10. The second-order valence-corrected chi connectivity index (χ2v) is 5.81. The van der Waals surface area contributed by atoms with Gasteiger partial charge in [0.25, 0.3) is 0 Å². The predicted octanol–water partition coefficient (Wildman–Crippen LogP) is 3.32. The molecule has 25 heavy (non-hydrogen) atoms. The summed E-state index contributed by atoms with van der Waals surface area (Å²) in [5, 5.41) is 9.62. The number of methoxy groups -OCH3 is 1. The Morgan fingerprint density at radius 3 is 2.64 bits per heavy atom. The zero-order valence-corrected chi connectivity index (χ0v) is 14.2. The summed E-state index contributed by atoms with van der Waals surface area (Å²) < 4.78 is 6.87. The molecule has 5 nitrogen and oxygen atoms in total. The minimum Gasteiger partial charge on any atom is -0.497 e. The Balaban J connectivity index is 2.21. The fraction of sp³-hybridized carbons (Fsp3) is 0.200. The number of carbonyl (C=O) groups is 1. The van der Waals surface area contributed by atoms with Gasteiger partial charge < -0.3 is 14.4 Å². The van der Waals surface area contributed by atoms with Crippen molar-refractivity contribution < 1.29 is 14.6 Å². The maximum atomic E-state index is 12.1. The monoisotopic (exact) mass is 337 g/mol. The average Bonchev–Trinajstić information content (AvgIpc) is 2.63. The molecule has 0 bridgehead atoms. The van der Waals surface area contributed by atoms with Gasteiger partial charge in [-0.1, -0.05) is 19.1 Å². The molecule has 0 atom stereocenters. The van der Waals surface area contributed by atoms with Crippen LogP contribution in [0, 0.1) is 0 Å². The van der Waals surface area contributed by atoms with E-state index in [0.717, 1.165) is 28.9 Å². The lowest BCUT2D eigenvalue weighted by Gasteiger charge is -2.13. The lowest BCUT2D eigenvalue weighted by molar-refractivity contribution is -0.137. The normalized spacial score (nSPS) is 10.8. The fourth-order valence-electron chi connectivity index (χ4n) is 3.03. The van der Waals surface area contributed by atoms with Crippen molar-refractivity contribution in [3.63, 3.8) is 0 Å². The van der Waals surface area contributed by atoms with E-state index in [1.54, 1.807) is 17.7 Å². The highest BCUT2D eigenvalue weighted by Crippen LogP contribution is 2.29. The molecule has 3 rings (SSSR count). The van der Waals surface area contributed by atoms with Crippen LogP contribution >= 0.6 is 0 Å². The molecule has 0 saturated carbocycles. The summed E-state index contributed by atoms with van der Waals surface area (Å²) in [5.74, 6) is -0.154. The number of aromatic nitrogens is 1. The van der Waals surface area contributed by atoms with Crippen molar-refractivity contribution in [2.45, 2.75) is 19.9 Å². The van der Waals surface area contributed by atoms with Crippen molar-refractivity contribution in [3.05, 3.63) is 64.4 Å². The van der Waals surface area contributed by atoms with Crippen molar-refractivity contribution in [2.24, 2.45) is 0 Å². The lowest BCUT2D eigenvalue weighted by atomic mass is 9.96. The van der Waals surface area contributed by atoms with Crippen molar-refractivity contribution in [1.82, 2.24) is 4.57 Å². The van der Waals surface area contributed by atoms with Crippen molar-refractivity contribution in [3.8, 4) is 16.9 Å². The van der Waals surface area contributed by atoms with E-state index in [9.17, 15) is 9.59 Å². The molecule has 5 heteroatoms. The van der Waals surface area contributed by atoms with Gasteiger partial charge in [0.1, 0.15) is 12.3 Å². The largest absolute Gasteiger partial charge is 0.497 e. The molecule has 2 aromatic carbocycles. The average molecular weight is 337 g/mol. The third kappa shape index (κ3) is 3.26. The summed E-state index contributed by atoms with van der Waals surface area (Å²) >= 11 is 0. The second-order valence-electron chi connectivity index (χ2n) is 5.81. The summed E-state index contributed by atoms with van der Waals surface area (Å²) in [6.07, 6.45) is 2.36. The molecule has 0 aliphatic rings. The topological polar surface area (TPSA) is 68.5 Å². The van der Waals surface area contributed by atoms with Crippen molar-refractivity contribution >= 4 is 16.9 Å². The number of rotatable bonds is 5. The number of nitrogens with zero attached hydrogens (tertiary/aromatic N) is 1. The minimum absolute atomic E-state index is 0.117. The minimum atomic E-state index is -0.950. The first-order valence-corrected chi connectivity index (χ1v) is 8.05. The number of ether oxygens (including phenoxy) is 1. The third-order valence-corrected chi connectivity index (χ3v) is 4.29. The van der Waals surface area contributed by atoms with Crippen LogP contribution in [0.5, 0.6) is 5.75 Å². The molecule has 0 aliphatic heterocycles. The van der Waals surface area contributed by atoms with E-state index in [1.807, 2.05) is 30.3 Å². The van der Waals surface area contributed by atoms with Gasteiger partial charge in [-0.2, -0.15) is 0 Å². The van der Waals surface area contributed by atoms with Crippen LogP contribution in [-0.4, -0.2) is 22.8 Å². The maximum absolute atomic E-state index is 12.1. The molecule has 3 aromatic rings. The van der Waals surface area contributed by atoms with E-state index in [2.05, 4.69) is 6.92 Å². The molecular weight excluding hydrogens is 318 g/mol. The molecule has 0 spiro atoms. The first-order chi connectivity index (χ1) is 12.0. The molecule has 1 heterocycles. The molecule has 1 N–H and O–H groups in total. The molecule has 0 fully saturated rings. The van der Waals surface area contributed by atoms with E-state index < -0.39 is 5.97 Å². The van der Waals surface area contributed by atoms with Crippen LogP contribution in [0.2, 0.25) is 0 Å². The second kappa shape index (κ2) is 6.81. The van der Waals surface area contributed by atoms with Gasteiger partial charge >= 0.3 is 5.97 Å².